The van der Waals surface area contributed by atoms with Gasteiger partial charge in [-0.15, -0.1) is 0 Å². The van der Waals surface area contributed by atoms with E-state index < -0.39 is 0 Å². The summed E-state index contributed by atoms with van der Waals surface area (Å²) in [5, 5.41) is 5.28. The topological polar surface area (TPSA) is 75.5 Å². The number of anilines is 1. The summed E-state index contributed by atoms with van der Waals surface area (Å²) < 4.78 is 1.89. The lowest BCUT2D eigenvalue weighted by Crippen LogP contribution is -2.33. The number of fused-ring (bicyclic) bond motifs is 1. The molecule has 0 aromatic carbocycles. The molecule has 0 bridgehead atoms. The van der Waals surface area contributed by atoms with Gasteiger partial charge in [-0.25, -0.2) is 15.0 Å². The molecule has 4 rings (SSSR count). The number of hydrogen-bond acceptors (Lipinski definition) is 5. The summed E-state index contributed by atoms with van der Waals surface area (Å²) in [4.78, 5) is 18.2. The van der Waals surface area contributed by atoms with E-state index in [0.717, 1.165) is 36.4 Å². The van der Waals surface area contributed by atoms with Crippen LogP contribution in [0.4, 0.5) is 5.82 Å². The van der Waals surface area contributed by atoms with Crippen LogP contribution in [-0.4, -0.2) is 42.3 Å². The maximum atomic E-state index is 4.49. The predicted octanol–water partition coefficient (Wildman–Crippen LogP) is 1.22. The summed E-state index contributed by atoms with van der Waals surface area (Å²) in [5.74, 6) is 1.01. The Morgan fingerprint density at radius 1 is 1.30 bits per heavy atom. The first-order chi connectivity index (χ1) is 9.92. The van der Waals surface area contributed by atoms with E-state index in [4.69, 9.17) is 0 Å². The Bertz CT molecular complexity index is 702. The van der Waals surface area contributed by atoms with Gasteiger partial charge in [-0.3, -0.25) is 4.68 Å². The highest BCUT2D eigenvalue weighted by Gasteiger charge is 2.27. The van der Waals surface area contributed by atoms with Crippen molar-refractivity contribution < 1.29 is 0 Å². The van der Waals surface area contributed by atoms with E-state index >= 15 is 0 Å². The zero-order valence-corrected chi connectivity index (χ0v) is 11.0. The number of nitrogens with zero attached hydrogens (tertiary/aromatic N) is 6. The summed E-state index contributed by atoms with van der Waals surface area (Å²) in [6.45, 7) is 1.87. The van der Waals surface area contributed by atoms with Gasteiger partial charge < -0.3 is 9.88 Å². The molecule has 1 atom stereocenters. The molecule has 0 radical (unpaired) electrons. The Balaban J connectivity index is 1.68. The lowest BCUT2D eigenvalue weighted by molar-refractivity contribution is 0.507. The minimum absolute atomic E-state index is 0.407. The molecule has 1 saturated heterocycles. The van der Waals surface area contributed by atoms with Crippen molar-refractivity contribution in [1.29, 1.82) is 0 Å². The zero-order valence-electron chi connectivity index (χ0n) is 11.0. The highest BCUT2D eigenvalue weighted by molar-refractivity contribution is 5.87. The Hall–Kier alpha value is -2.44. The molecule has 1 aliphatic heterocycles. The van der Waals surface area contributed by atoms with Gasteiger partial charge in [0.2, 0.25) is 0 Å². The van der Waals surface area contributed by atoms with Crippen LogP contribution in [0.2, 0.25) is 0 Å². The van der Waals surface area contributed by atoms with E-state index in [1.54, 1.807) is 19.0 Å². The summed E-state index contributed by atoms with van der Waals surface area (Å²) >= 11 is 0. The van der Waals surface area contributed by atoms with Crippen molar-refractivity contribution in [1.82, 2.24) is 29.7 Å². The number of H-pyrrole nitrogens is 1. The van der Waals surface area contributed by atoms with Crippen molar-refractivity contribution in [2.75, 3.05) is 11.4 Å². The van der Waals surface area contributed by atoms with Crippen molar-refractivity contribution in [3.63, 3.8) is 0 Å². The van der Waals surface area contributed by atoms with Gasteiger partial charge in [0.05, 0.1) is 18.0 Å². The Morgan fingerprint density at radius 3 is 3.20 bits per heavy atom. The first kappa shape index (κ1) is 11.4. The van der Waals surface area contributed by atoms with Crippen LogP contribution in [0.5, 0.6) is 0 Å². The van der Waals surface area contributed by atoms with Gasteiger partial charge in [0.1, 0.15) is 30.4 Å². The minimum Gasteiger partial charge on any atom is -0.351 e. The van der Waals surface area contributed by atoms with Crippen molar-refractivity contribution in [2.45, 2.75) is 25.4 Å². The highest BCUT2D eigenvalue weighted by atomic mass is 15.3. The average molecular weight is 269 g/mol. The second kappa shape index (κ2) is 4.59. The fraction of sp³-hybridized carbons (Fsp3) is 0.385. The molecule has 3 aromatic heterocycles. The second-order valence-corrected chi connectivity index (χ2v) is 5.04. The van der Waals surface area contributed by atoms with E-state index in [-0.39, 0.29) is 0 Å². The Morgan fingerprint density at radius 2 is 2.30 bits per heavy atom. The largest absolute Gasteiger partial charge is 0.351 e. The molecule has 1 aliphatic rings. The van der Waals surface area contributed by atoms with Crippen LogP contribution < -0.4 is 4.90 Å². The number of aromatic nitrogens is 6. The van der Waals surface area contributed by atoms with E-state index in [0.29, 0.717) is 6.04 Å². The second-order valence-electron chi connectivity index (χ2n) is 5.04. The summed E-state index contributed by atoms with van der Waals surface area (Å²) in [6, 6.07) is 2.44. The van der Waals surface area contributed by atoms with Crippen LogP contribution in [0, 0.1) is 0 Å². The molecule has 102 valence electrons. The maximum absolute atomic E-state index is 4.49. The molecule has 0 aliphatic carbocycles. The van der Waals surface area contributed by atoms with Gasteiger partial charge in [0, 0.05) is 12.7 Å². The van der Waals surface area contributed by atoms with Gasteiger partial charge in [0.15, 0.2) is 0 Å². The standard InChI is InChI=1S/C13H15N7/c1-2-10(6-19-9-14-7-18-19)20(5-1)13-11-3-4-15-12(11)16-8-17-13/h3-4,7-10H,1-2,5-6H2,(H,15,16,17). The first-order valence-electron chi connectivity index (χ1n) is 6.79. The van der Waals surface area contributed by atoms with Crippen molar-refractivity contribution in [2.24, 2.45) is 0 Å². The first-order valence-corrected chi connectivity index (χ1v) is 6.79. The lowest BCUT2D eigenvalue weighted by Gasteiger charge is -2.25. The molecule has 0 amide bonds. The third kappa shape index (κ3) is 1.82. The van der Waals surface area contributed by atoms with Crippen LogP contribution >= 0.6 is 0 Å². The van der Waals surface area contributed by atoms with Gasteiger partial charge in [-0.1, -0.05) is 0 Å². The molecule has 7 nitrogen and oxygen atoms in total. The van der Waals surface area contributed by atoms with Crippen LogP contribution in [0.15, 0.2) is 31.2 Å². The summed E-state index contributed by atoms with van der Waals surface area (Å²) in [7, 11) is 0. The Labute approximate surface area is 115 Å². The van der Waals surface area contributed by atoms with E-state index in [2.05, 4.69) is 29.9 Å². The monoisotopic (exact) mass is 269 g/mol. The van der Waals surface area contributed by atoms with E-state index in [9.17, 15) is 0 Å². The normalized spacial score (nSPS) is 19.0. The fourth-order valence-corrected chi connectivity index (χ4v) is 2.93. The molecular weight excluding hydrogens is 254 g/mol. The molecule has 1 unspecified atom stereocenters. The molecule has 1 N–H and O–H groups in total. The van der Waals surface area contributed by atoms with Crippen LogP contribution in [0.25, 0.3) is 11.0 Å². The van der Waals surface area contributed by atoms with Crippen molar-refractivity contribution in [3.05, 3.63) is 31.2 Å². The minimum atomic E-state index is 0.407. The van der Waals surface area contributed by atoms with Crippen LogP contribution in [0.3, 0.4) is 0 Å². The van der Waals surface area contributed by atoms with Gasteiger partial charge in [-0.05, 0) is 18.9 Å². The fourth-order valence-electron chi connectivity index (χ4n) is 2.93. The molecule has 0 saturated carbocycles. The SMILES string of the molecule is c1nc(N2CCCC2Cn2cncn2)c2cc[nH]c2n1. The van der Waals surface area contributed by atoms with Crippen LogP contribution in [-0.2, 0) is 6.54 Å². The molecule has 4 heterocycles. The summed E-state index contributed by atoms with van der Waals surface area (Å²) in [6.07, 6.45) is 9.20. The molecule has 20 heavy (non-hydrogen) atoms. The highest BCUT2D eigenvalue weighted by Crippen LogP contribution is 2.29. The number of nitrogens with one attached hydrogen (secondary N) is 1. The average Bonchev–Trinajstić information content (AvgIpc) is 3.19. The zero-order chi connectivity index (χ0) is 13.4. The molecule has 3 aromatic rings. The molecular formula is C13H15N7. The Kier molecular flexibility index (Phi) is 2.61. The van der Waals surface area contributed by atoms with Gasteiger partial charge in [0.25, 0.3) is 0 Å². The molecule has 1 fully saturated rings. The van der Waals surface area contributed by atoms with Gasteiger partial charge >= 0.3 is 0 Å². The smallest absolute Gasteiger partial charge is 0.142 e. The van der Waals surface area contributed by atoms with Crippen molar-refractivity contribution >= 4 is 16.9 Å². The third-order valence-corrected chi connectivity index (χ3v) is 3.85. The van der Waals surface area contributed by atoms with Crippen molar-refractivity contribution in [3.8, 4) is 0 Å². The third-order valence-electron chi connectivity index (χ3n) is 3.85. The quantitative estimate of drug-likeness (QED) is 0.773. The number of aromatic amines is 1. The molecule has 7 heteroatoms. The van der Waals surface area contributed by atoms with Crippen LogP contribution in [0.1, 0.15) is 12.8 Å². The molecule has 0 spiro atoms. The lowest BCUT2D eigenvalue weighted by atomic mass is 10.2. The number of hydrogen-bond donors (Lipinski definition) is 1. The number of rotatable bonds is 3. The summed E-state index contributed by atoms with van der Waals surface area (Å²) in [5.41, 5.74) is 0.890. The van der Waals surface area contributed by atoms with E-state index in [1.807, 2.05) is 16.9 Å². The van der Waals surface area contributed by atoms with E-state index in [1.165, 1.54) is 6.42 Å². The maximum Gasteiger partial charge on any atom is 0.142 e. The van der Waals surface area contributed by atoms with Gasteiger partial charge in [-0.2, -0.15) is 5.10 Å². The predicted molar refractivity (Wildman–Crippen MR) is 74.3 cm³/mol.